The lowest BCUT2D eigenvalue weighted by atomic mass is 10.1. The zero-order valence-corrected chi connectivity index (χ0v) is 11.4. The molecule has 102 valence electrons. The fraction of sp³-hybridized carbons (Fsp3) is 0.571. The van der Waals surface area contributed by atoms with Gasteiger partial charge in [-0.2, -0.15) is 0 Å². The topological polar surface area (TPSA) is 38.5 Å². The van der Waals surface area contributed by atoms with Crippen LogP contribution in [0.15, 0.2) is 18.2 Å². The molecule has 0 heterocycles. The zero-order valence-electron chi connectivity index (χ0n) is 11.4. The molecular formula is C14H23FN2O. The SMILES string of the molecule is COCCN(CC(C)C)c1ccc(CN)c(F)c1. The van der Waals surface area contributed by atoms with Gasteiger partial charge < -0.3 is 15.4 Å². The summed E-state index contributed by atoms with van der Waals surface area (Å²) in [5, 5.41) is 0. The number of methoxy groups -OCH3 is 1. The molecule has 0 spiro atoms. The normalized spacial score (nSPS) is 11.0. The Kier molecular flexibility index (Phi) is 6.09. The van der Waals surface area contributed by atoms with Crippen LogP contribution in [0.5, 0.6) is 0 Å². The van der Waals surface area contributed by atoms with Crippen molar-refractivity contribution in [2.24, 2.45) is 11.7 Å². The van der Waals surface area contributed by atoms with Crippen LogP contribution >= 0.6 is 0 Å². The minimum atomic E-state index is -0.235. The Hall–Kier alpha value is -1.13. The first-order chi connectivity index (χ1) is 8.58. The van der Waals surface area contributed by atoms with Gasteiger partial charge >= 0.3 is 0 Å². The monoisotopic (exact) mass is 254 g/mol. The number of anilines is 1. The highest BCUT2D eigenvalue weighted by atomic mass is 19.1. The lowest BCUT2D eigenvalue weighted by Gasteiger charge is -2.26. The molecule has 0 aliphatic rings. The molecule has 0 fully saturated rings. The van der Waals surface area contributed by atoms with Crippen molar-refractivity contribution in [2.75, 3.05) is 31.7 Å². The van der Waals surface area contributed by atoms with Crippen LogP contribution in [0.25, 0.3) is 0 Å². The summed E-state index contributed by atoms with van der Waals surface area (Å²) >= 11 is 0. The van der Waals surface area contributed by atoms with Gasteiger partial charge in [-0.15, -0.1) is 0 Å². The van der Waals surface area contributed by atoms with E-state index in [1.165, 1.54) is 0 Å². The molecule has 0 unspecified atom stereocenters. The summed E-state index contributed by atoms with van der Waals surface area (Å²) in [5.41, 5.74) is 6.90. The second kappa shape index (κ2) is 7.34. The molecule has 0 saturated heterocycles. The number of hydrogen-bond acceptors (Lipinski definition) is 3. The average Bonchev–Trinajstić information content (AvgIpc) is 2.34. The standard InChI is InChI=1S/C14H23FN2O/c1-11(2)10-17(6-7-18-3)13-5-4-12(9-16)14(15)8-13/h4-5,8,11H,6-7,9-10,16H2,1-3H3. The van der Waals surface area contributed by atoms with Crippen LogP contribution in [-0.4, -0.2) is 26.8 Å². The van der Waals surface area contributed by atoms with Gasteiger partial charge in [0.15, 0.2) is 0 Å². The highest BCUT2D eigenvalue weighted by Crippen LogP contribution is 2.19. The van der Waals surface area contributed by atoms with E-state index in [1.54, 1.807) is 19.2 Å². The summed E-state index contributed by atoms with van der Waals surface area (Å²) in [6.07, 6.45) is 0. The largest absolute Gasteiger partial charge is 0.383 e. The van der Waals surface area contributed by atoms with E-state index in [0.717, 1.165) is 18.8 Å². The van der Waals surface area contributed by atoms with Crippen molar-refractivity contribution in [1.82, 2.24) is 0 Å². The third-order valence-electron chi connectivity index (χ3n) is 2.77. The van der Waals surface area contributed by atoms with Gasteiger partial charge in [0.05, 0.1) is 6.61 Å². The van der Waals surface area contributed by atoms with E-state index >= 15 is 0 Å². The van der Waals surface area contributed by atoms with Crippen molar-refractivity contribution in [1.29, 1.82) is 0 Å². The third-order valence-corrected chi connectivity index (χ3v) is 2.77. The molecule has 0 atom stereocenters. The van der Waals surface area contributed by atoms with Crippen molar-refractivity contribution < 1.29 is 9.13 Å². The Morgan fingerprint density at radius 1 is 1.39 bits per heavy atom. The van der Waals surface area contributed by atoms with Crippen molar-refractivity contribution in [3.8, 4) is 0 Å². The predicted octanol–water partition coefficient (Wildman–Crippen LogP) is 2.39. The fourth-order valence-corrected chi connectivity index (χ4v) is 1.87. The predicted molar refractivity (Wildman–Crippen MR) is 73.2 cm³/mol. The fourth-order valence-electron chi connectivity index (χ4n) is 1.87. The van der Waals surface area contributed by atoms with Gasteiger partial charge in [-0.25, -0.2) is 4.39 Å². The quantitative estimate of drug-likeness (QED) is 0.812. The molecule has 1 aromatic rings. The number of nitrogens with zero attached hydrogens (tertiary/aromatic N) is 1. The average molecular weight is 254 g/mol. The Morgan fingerprint density at radius 2 is 2.11 bits per heavy atom. The van der Waals surface area contributed by atoms with Crippen LogP contribution in [0.2, 0.25) is 0 Å². The van der Waals surface area contributed by atoms with Crippen LogP contribution < -0.4 is 10.6 Å². The maximum atomic E-state index is 13.7. The number of hydrogen-bond donors (Lipinski definition) is 1. The van der Waals surface area contributed by atoms with E-state index in [4.69, 9.17) is 10.5 Å². The second-order valence-electron chi connectivity index (χ2n) is 4.81. The second-order valence-corrected chi connectivity index (χ2v) is 4.81. The lowest BCUT2D eigenvalue weighted by molar-refractivity contribution is 0.204. The number of nitrogens with two attached hydrogens (primary N) is 1. The van der Waals surface area contributed by atoms with Crippen LogP contribution in [0, 0.1) is 11.7 Å². The van der Waals surface area contributed by atoms with Crippen LogP contribution in [0.4, 0.5) is 10.1 Å². The Labute approximate surface area is 109 Å². The molecule has 1 rings (SSSR count). The Morgan fingerprint density at radius 3 is 2.61 bits per heavy atom. The molecular weight excluding hydrogens is 231 g/mol. The van der Waals surface area contributed by atoms with E-state index in [9.17, 15) is 4.39 Å². The van der Waals surface area contributed by atoms with Crippen molar-refractivity contribution in [3.63, 3.8) is 0 Å². The molecule has 2 N–H and O–H groups in total. The highest BCUT2D eigenvalue weighted by molar-refractivity contribution is 5.48. The van der Waals surface area contributed by atoms with Gasteiger partial charge in [0.25, 0.3) is 0 Å². The van der Waals surface area contributed by atoms with Gasteiger partial charge in [-0.3, -0.25) is 0 Å². The number of rotatable bonds is 7. The number of ether oxygens (including phenoxy) is 1. The third kappa shape index (κ3) is 4.27. The molecule has 0 aromatic heterocycles. The molecule has 4 heteroatoms. The zero-order chi connectivity index (χ0) is 13.5. The minimum absolute atomic E-state index is 0.231. The van der Waals surface area contributed by atoms with E-state index in [-0.39, 0.29) is 12.4 Å². The Balaban J connectivity index is 2.86. The molecule has 3 nitrogen and oxygen atoms in total. The lowest BCUT2D eigenvalue weighted by Crippen LogP contribution is -2.31. The molecule has 0 aliphatic heterocycles. The summed E-state index contributed by atoms with van der Waals surface area (Å²) < 4.78 is 18.8. The molecule has 0 bridgehead atoms. The molecule has 1 aromatic carbocycles. The summed E-state index contributed by atoms with van der Waals surface area (Å²) in [5.74, 6) is 0.278. The smallest absolute Gasteiger partial charge is 0.129 e. The summed E-state index contributed by atoms with van der Waals surface area (Å²) in [7, 11) is 1.67. The van der Waals surface area contributed by atoms with Gasteiger partial charge in [0, 0.05) is 38.0 Å². The maximum absolute atomic E-state index is 13.7. The van der Waals surface area contributed by atoms with Crippen LogP contribution in [0.3, 0.4) is 0 Å². The summed E-state index contributed by atoms with van der Waals surface area (Å²) in [6, 6.07) is 5.23. The van der Waals surface area contributed by atoms with Crippen molar-refractivity contribution in [2.45, 2.75) is 20.4 Å². The van der Waals surface area contributed by atoms with Gasteiger partial charge in [0.1, 0.15) is 5.82 Å². The van der Waals surface area contributed by atoms with E-state index in [2.05, 4.69) is 18.7 Å². The number of halogens is 1. The van der Waals surface area contributed by atoms with Gasteiger partial charge in [0.2, 0.25) is 0 Å². The minimum Gasteiger partial charge on any atom is -0.383 e. The number of benzene rings is 1. The van der Waals surface area contributed by atoms with Crippen LogP contribution in [-0.2, 0) is 11.3 Å². The van der Waals surface area contributed by atoms with E-state index in [0.29, 0.717) is 18.1 Å². The Bertz CT molecular complexity index is 369. The van der Waals surface area contributed by atoms with E-state index in [1.807, 2.05) is 6.07 Å². The first kappa shape index (κ1) is 14.9. The summed E-state index contributed by atoms with van der Waals surface area (Å²) in [6.45, 7) is 6.79. The van der Waals surface area contributed by atoms with Gasteiger partial charge in [-0.05, 0) is 18.1 Å². The first-order valence-corrected chi connectivity index (χ1v) is 6.30. The molecule has 18 heavy (non-hydrogen) atoms. The van der Waals surface area contributed by atoms with E-state index < -0.39 is 0 Å². The van der Waals surface area contributed by atoms with Crippen LogP contribution in [0.1, 0.15) is 19.4 Å². The molecule has 0 saturated carbocycles. The molecule has 0 aliphatic carbocycles. The summed E-state index contributed by atoms with van der Waals surface area (Å²) in [4.78, 5) is 2.14. The molecule has 0 radical (unpaired) electrons. The van der Waals surface area contributed by atoms with Crippen molar-refractivity contribution in [3.05, 3.63) is 29.6 Å². The highest BCUT2D eigenvalue weighted by Gasteiger charge is 2.10. The van der Waals surface area contributed by atoms with Crippen molar-refractivity contribution >= 4 is 5.69 Å². The molecule has 0 amide bonds. The maximum Gasteiger partial charge on any atom is 0.129 e. The van der Waals surface area contributed by atoms with Gasteiger partial charge in [-0.1, -0.05) is 19.9 Å². The first-order valence-electron chi connectivity index (χ1n) is 6.30.